The van der Waals surface area contributed by atoms with Crippen LogP contribution < -0.4 is 10.8 Å². The molecule has 148 valence electrons. The minimum Gasteiger partial charge on any atom is -0.394 e. The number of pyridine rings is 1. The van der Waals surface area contributed by atoms with Gasteiger partial charge in [-0.05, 0) is 59.3 Å². The minimum absolute atomic E-state index is 0.216. The third-order valence-corrected chi connectivity index (χ3v) is 4.99. The zero-order chi connectivity index (χ0) is 20.3. The highest BCUT2D eigenvalue weighted by Crippen LogP contribution is 2.33. The van der Waals surface area contributed by atoms with Gasteiger partial charge < -0.3 is 20.1 Å². The van der Waals surface area contributed by atoms with Crippen LogP contribution in [0.5, 0.6) is 0 Å². The van der Waals surface area contributed by atoms with Gasteiger partial charge in [-0.2, -0.15) is 0 Å². The zero-order valence-corrected chi connectivity index (χ0v) is 17.6. The third-order valence-electron chi connectivity index (χ3n) is 4.32. The largest absolute Gasteiger partial charge is 0.394 e. The second-order valence-electron chi connectivity index (χ2n) is 6.34. The normalized spacial score (nSPS) is 12.2. The lowest BCUT2D eigenvalue weighted by molar-refractivity contribution is -0.0297. The molecule has 0 saturated carbocycles. The number of aliphatic hydroxyl groups is 2. The number of benzene rings is 1. The Balaban J connectivity index is 1.98. The summed E-state index contributed by atoms with van der Waals surface area (Å²) in [5.41, 5.74) is 6.05. The Kier molecular flexibility index (Phi) is 6.50. The van der Waals surface area contributed by atoms with Gasteiger partial charge in [0, 0.05) is 34.1 Å². The zero-order valence-electron chi connectivity index (χ0n) is 15.4. The van der Waals surface area contributed by atoms with Gasteiger partial charge in [0.15, 0.2) is 0 Å². The van der Waals surface area contributed by atoms with Gasteiger partial charge >= 0.3 is 0 Å². The first kappa shape index (κ1) is 20.5. The summed E-state index contributed by atoms with van der Waals surface area (Å²) in [5.74, 6) is -0.477. The van der Waals surface area contributed by atoms with E-state index in [4.69, 9.17) is 9.94 Å². The molecule has 3 rings (SSSR count). The topological polar surface area (TPSA) is 109 Å². The highest BCUT2D eigenvalue weighted by molar-refractivity contribution is 14.1. The maximum atomic E-state index is 12.8. The monoisotopic (exact) mass is 496 g/mol. The molecule has 2 aromatic heterocycles. The van der Waals surface area contributed by atoms with E-state index in [0.29, 0.717) is 11.4 Å². The van der Waals surface area contributed by atoms with Crippen molar-refractivity contribution >= 4 is 50.8 Å². The summed E-state index contributed by atoms with van der Waals surface area (Å²) in [4.78, 5) is 22.0. The van der Waals surface area contributed by atoms with E-state index in [1.807, 2.05) is 31.2 Å². The van der Waals surface area contributed by atoms with Gasteiger partial charge in [-0.15, -0.1) is 0 Å². The van der Waals surface area contributed by atoms with E-state index >= 15 is 0 Å². The summed E-state index contributed by atoms with van der Waals surface area (Å²) in [6.07, 6.45) is 2.30. The molecule has 3 aromatic rings. The fraction of sp³-hybridized carbons (Fsp3) is 0.263. The number of nitrogens with one attached hydrogen (secondary N) is 2. The number of nitrogens with zero attached hydrogens (tertiary/aromatic N) is 2. The van der Waals surface area contributed by atoms with Crippen LogP contribution in [0.3, 0.4) is 0 Å². The molecule has 1 atom stereocenters. The van der Waals surface area contributed by atoms with Crippen molar-refractivity contribution < 1.29 is 19.8 Å². The Bertz CT molecular complexity index is 1010. The van der Waals surface area contributed by atoms with Gasteiger partial charge in [-0.3, -0.25) is 14.6 Å². The molecule has 0 aliphatic rings. The Labute approximate surface area is 175 Å². The number of carbonyl (C=O) groups is 1. The van der Waals surface area contributed by atoms with Crippen LogP contribution in [-0.4, -0.2) is 45.0 Å². The number of carbonyl (C=O) groups excluding carboxylic acids is 1. The quantitative estimate of drug-likeness (QED) is 0.295. The lowest BCUT2D eigenvalue weighted by Gasteiger charge is -2.13. The van der Waals surface area contributed by atoms with Crippen molar-refractivity contribution in [1.82, 2.24) is 15.0 Å². The molecular formula is C19H21IN4O4. The highest BCUT2D eigenvalue weighted by atomic mass is 127. The number of rotatable bonds is 7. The molecule has 1 amide bonds. The standard InChI is InChI=1S/C19H21IN4O4/c1-11-7-12(20)3-4-15(11)22-17-14-8-21-6-5-16(14)24(2)18(17)19(27)23-28-10-13(26)9-25/h3-8,13,22,25-26H,9-10H2,1-2H3,(H,23,27)/t13-/m1/s1. The SMILES string of the molecule is Cc1cc(I)ccc1Nc1c(C(=O)NOC[C@H](O)CO)n(C)c2ccncc12. The molecule has 28 heavy (non-hydrogen) atoms. The maximum absolute atomic E-state index is 12.8. The van der Waals surface area contributed by atoms with Crippen LogP contribution in [0.15, 0.2) is 36.7 Å². The van der Waals surface area contributed by atoms with E-state index < -0.39 is 18.6 Å². The summed E-state index contributed by atoms with van der Waals surface area (Å²) in [6.45, 7) is 1.33. The first-order valence-corrected chi connectivity index (χ1v) is 9.67. The number of hydrogen-bond donors (Lipinski definition) is 4. The number of hydrogen-bond acceptors (Lipinski definition) is 6. The third kappa shape index (κ3) is 4.27. The molecule has 1 aromatic carbocycles. The van der Waals surface area contributed by atoms with Gasteiger partial charge in [0.2, 0.25) is 0 Å². The molecule has 0 radical (unpaired) electrons. The van der Waals surface area contributed by atoms with Crippen LogP contribution in [0.2, 0.25) is 0 Å². The summed E-state index contributed by atoms with van der Waals surface area (Å²) >= 11 is 2.25. The Morgan fingerprint density at radius 3 is 2.89 bits per heavy atom. The van der Waals surface area contributed by atoms with Crippen molar-refractivity contribution in [3.05, 3.63) is 51.5 Å². The lowest BCUT2D eigenvalue weighted by Crippen LogP contribution is -2.31. The molecule has 0 fully saturated rings. The van der Waals surface area contributed by atoms with Crippen molar-refractivity contribution in [1.29, 1.82) is 0 Å². The lowest BCUT2D eigenvalue weighted by atomic mass is 10.2. The van der Waals surface area contributed by atoms with Crippen molar-refractivity contribution in [2.45, 2.75) is 13.0 Å². The number of anilines is 2. The fourth-order valence-electron chi connectivity index (χ4n) is 2.89. The van der Waals surface area contributed by atoms with E-state index in [9.17, 15) is 9.90 Å². The first-order valence-electron chi connectivity index (χ1n) is 8.59. The van der Waals surface area contributed by atoms with Gasteiger partial charge in [-0.1, -0.05) is 0 Å². The molecule has 0 aliphatic heterocycles. The average Bonchev–Trinajstić information content (AvgIpc) is 2.96. The predicted octanol–water partition coefficient (Wildman–Crippen LogP) is 2.24. The number of aliphatic hydroxyl groups excluding tert-OH is 2. The Morgan fingerprint density at radius 1 is 1.39 bits per heavy atom. The maximum Gasteiger partial charge on any atom is 0.293 e. The molecule has 9 heteroatoms. The highest BCUT2D eigenvalue weighted by Gasteiger charge is 2.22. The van der Waals surface area contributed by atoms with Crippen molar-refractivity contribution in [2.24, 2.45) is 7.05 Å². The van der Waals surface area contributed by atoms with E-state index in [0.717, 1.165) is 25.7 Å². The first-order chi connectivity index (χ1) is 13.4. The smallest absolute Gasteiger partial charge is 0.293 e. The van der Waals surface area contributed by atoms with Crippen LogP contribution in [-0.2, 0) is 11.9 Å². The molecule has 8 nitrogen and oxygen atoms in total. The summed E-state index contributed by atoms with van der Waals surface area (Å²) in [6, 6.07) is 7.82. The average molecular weight is 496 g/mol. The Morgan fingerprint density at radius 2 is 2.18 bits per heavy atom. The second kappa shape index (κ2) is 8.86. The van der Waals surface area contributed by atoms with Crippen LogP contribution in [0, 0.1) is 10.5 Å². The number of aromatic nitrogens is 2. The van der Waals surface area contributed by atoms with Gasteiger partial charge in [0.05, 0.1) is 17.8 Å². The van der Waals surface area contributed by atoms with E-state index in [2.05, 4.69) is 38.4 Å². The van der Waals surface area contributed by atoms with E-state index in [1.165, 1.54) is 0 Å². The molecule has 0 saturated heterocycles. The van der Waals surface area contributed by atoms with Crippen LogP contribution in [0.1, 0.15) is 16.1 Å². The number of hydroxylamine groups is 1. The molecule has 4 N–H and O–H groups in total. The van der Waals surface area contributed by atoms with Crippen molar-refractivity contribution in [2.75, 3.05) is 18.5 Å². The molecule has 0 unspecified atom stereocenters. The van der Waals surface area contributed by atoms with Gasteiger partial charge in [0.25, 0.3) is 5.91 Å². The number of aryl methyl sites for hydroxylation is 2. The van der Waals surface area contributed by atoms with Gasteiger partial charge in [0.1, 0.15) is 18.4 Å². The van der Waals surface area contributed by atoms with Crippen LogP contribution in [0.25, 0.3) is 10.9 Å². The predicted molar refractivity (Wildman–Crippen MR) is 114 cm³/mol. The van der Waals surface area contributed by atoms with E-state index in [-0.39, 0.29) is 6.61 Å². The molecular weight excluding hydrogens is 475 g/mol. The van der Waals surface area contributed by atoms with Crippen molar-refractivity contribution in [3.8, 4) is 0 Å². The van der Waals surface area contributed by atoms with Gasteiger partial charge in [-0.25, -0.2) is 5.48 Å². The summed E-state index contributed by atoms with van der Waals surface area (Å²) in [7, 11) is 1.78. The fourth-order valence-corrected chi connectivity index (χ4v) is 3.53. The summed E-state index contributed by atoms with van der Waals surface area (Å²) in [5, 5.41) is 22.4. The van der Waals surface area contributed by atoms with Crippen LogP contribution >= 0.6 is 22.6 Å². The van der Waals surface area contributed by atoms with Crippen LogP contribution in [0.4, 0.5) is 11.4 Å². The number of halogens is 1. The number of amides is 1. The summed E-state index contributed by atoms with van der Waals surface area (Å²) < 4.78 is 2.87. The Hall–Kier alpha value is -2.21. The number of fused-ring (bicyclic) bond motifs is 1. The van der Waals surface area contributed by atoms with E-state index in [1.54, 1.807) is 24.0 Å². The minimum atomic E-state index is -1.07. The molecule has 0 spiro atoms. The molecule has 2 heterocycles. The molecule has 0 aliphatic carbocycles. The van der Waals surface area contributed by atoms with Crippen molar-refractivity contribution in [3.63, 3.8) is 0 Å². The second-order valence-corrected chi connectivity index (χ2v) is 7.58. The molecule has 0 bridgehead atoms.